The maximum absolute atomic E-state index is 11.0. The monoisotopic (exact) mass is 240 g/mol. The summed E-state index contributed by atoms with van der Waals surface area (Å²) in [6, 6.07) is 0. The van der Waals surface area contributed by atoms with Gasteiger partial charge < -0.3 is 9.47 Å². The predicted molar refractivity (Wildman–Crippen MR) is 67.7 cm³/mol. The molecule has 1 atom stereocenters. The summed E-state index contributed by atoms with van der Waals surface area (Å²) in [7, 11) is 0. The maximum atomic E-state index is 11.0. The first kappa shape index (κ1) is 14.4. The zero-order chi connectivity index (χ0) is 12.9. The van der Waals surface area contributed by atoms with E-state index >= 15 is 0 Å². The Balaban J connectivity index is 2.46. The first-order chi connectivity index (χ1) is 7.93. The molecule has 3 nitrogen and oxygen atoms in total. The largest absolute Gasteiger partial charge is 0.348 e. The Labute approximate surface area is 104 Å². The summed E-state index contributed by atoms with van der Waals surface area (Å²) in [4.78, 5) is 11.0. The molecule has 0 radical (unpaired) electrons. The highest BCUT2D eigenvalue weighted by molar-refractivity contribution is 5.87. The average Bonchev–Trinajstić information content (AvgIpc) is 2.64. The fourth-order valence-electron chi connectivity index (χ4n) is 2.04. The van der Waals surface area contributed by atoms with Gasteiger partial charge in [-0.2, -0.15) is 0 Å². The summed E-state index contributed by atoms with van der Waals surface area (Å²) < 4.78 is 11.2. The second-order valence-electron chi connectivity index (χ2n) is 5.25. The quantitative estimate of drug-likeness (QED) is 0.670. The number of allylic oxidation sites excluding steroid dienone is 2. The van der Waals surface area contributed by atoms with Crippen molar-refractivity contribution < 1.29 is 14.3 Å². The second kappa shape index (κ2) is 6.31. The maximum Gasteiger partial charge on any atom is 0.165 e. The molecule has 0 aromatic heterocycles. The molecular formula is C14H24O3. The Kier molecular flexibility index (Phi) is 5.34. The Morgan fingerprint density at radius 2 is 1.94 bits per heavy atom. The lowest BCUT2D eigenvalue weighted by Crippen LogP contribution is -2.26. The van der Waals surface area contributed by atoms with Gasteiger partial charge in [0.2, 0.25) is 0 Å². The van der Waals surface area contributed by atoms with E-state index in [0.717, 1.165) is 12.8 Å². The molecule has 0 aromatic rings. The number of hydrogen-bond donors (Lipinski definition) is 0. The summed E-state index contributed by atoms with van der Waals surface area (Å²) in [6.45, 7) is 9.30. The fourth-order valence-corrected chi connectivity index (χ4v) is 2.04. The van der Waals surface area contributed by atoms with Crippen LogP contribution in [0.15, 0.2) is 12.2 Å². The molecule has 1 heterocycles. The van der Waals surface area contributed by atoms with Gasteiger partial charge in [0.05, 0.1) is 13.2 Å². The third-order valence-corrected chi connectivity index (χ3v) is 3.26. The van der Waals surface area contributed by atoms with Crippen LogP contribution in [0.3, 0.4) is 0 Å². The van der Waals surface area contributed by atoms with Crippen molar-refractivity contribution in [3.05, 3.63) is 12.2 Å². The molecule has 17 heavy (non-hydrogen) atoms. The van der Waals surface area contributed by atoms with Crippen molar-refractivity contribution in [2.75, 3.05) is 13.2 Å². The van der Waals surface area contributed by atoms with Crippen LogP contribution in [0.1, 0.15) is 40.5 Å². The van der Waals surface area contributed by atoms with Crippen molar-refractivity contribution in [2.24, 2.45) is 11.8 Å². The number of ether oxygens (including phenoxy) is 2. The molecule has 0 amide bonds. The average molecular weight is 240 g/mol. The Morgan fingerprint density at radius 1 is 1.35 bits per heavy atom. The van der Waals surface area contributed by atoms with E-state index in [1.54, 1.807) is 13.0 Å². The second-order valence-corrected chi connectivity index (χ2v) is 5.25. The minimum Gasteiger partial charge on any atom is -0.348 e. The lowest BCUT2D eigenvalue weighted by Gasteiger charge is -2.25. The molecule has 1 saturated heterocycles. The van der Waals surface area contributed by atoms with Crippen LogP contribution in [0, 0.1) is 11.8 Å². The van der Waals surface area contributed by atoms with Crippen LogP contribution >= 0.6 is 0 Å². The Hall–Kier alpha value is -0.670. The van der Waals surface area contributed by atoms with E-state index in [1.165, 1.54) is 0 Å². The molecule has 1 unspecified atom stereocenters. The minimum atomic E-state index is -0.419. The van der Waals surface area contributed by atoms with Crippen LogP contribution in [0.2, 0.25) is 0 Å². The molecule has 0 saturated carbocycles. The molecule has 0 bridgehead atoms. The number of rotatable bonds is 6. The van der Waals surface area contributed by atoms with Gasteiger partial charge in [-0.15, -0.1) is 0 Å². The van der Waals surface area contributed by atoms with Gasteiger partial charge in [-0.25, -0.2) is 0 Å². The molecular weight excluding hydrogens is 216 g/mol. The van der Waals surface area contributed by atoms with E-state index in [2.05, 4.69) is 13.8 Å². The standard InChI is InChI=1S/C14H24O3/c1-11(2)13(6-5-12(3)15)7-8-14(4)16-9-10-17-14/h5-6,11,13H,7-10H2,1-4H3. The van der Waals surface area contributed by atoms with Crippen molar-refractivity contribution >= 4 is 5.78 Å². The Bertz CT molecular complexity index is 275. The van der Waals surface area contributed by atoms with E-state index in [4.69, 9.17) is 9.47 Å². The first-order valence-corrected chi connectivity index (χ1v) is 6.39. The highest BCUT2D eigenvalue weighted by Gasteiger charge is 2.31. The third kappa shape index (κ3) is 5.00. The topological polar surface area (TPSA) is 35.5 Å². The van der Waals surface area contributed by atoms with Crippen molar-refractivity contribution in [1.82, 2.24) is 0 Å². The summed E-state index contributed by atoms with van der Waals surface area (Å²) in [5, 5.41) is 0. The summed E-state index contributed by atoms with van der Waals surface area (Å²) in [6.07, 6.45) is 5.55. The van der Waals surface area contributed by atoms with Crippen molar-refractivity contribution in [3.63, 3.8) is 0 Å². The van der Waals surface area contributed by atoms with Gasteiger partial charge in [0, 0.05) is 6.42 Å². The third-order valence-electron chi connectivity index (χ3n) is 3.26. The lowest BCUT2D eigenvalue weighted by atomic mass is 9.89. The van der Waals surface area contributed by atoms with Gasteiger partial charge in [0.25, 0.3) is 0 Å². The lowest BCUT2D eigenvalue weighted by molar-refractivity contribution is -0.149. The zero-order valence-corrected chi connectivity index (χ0v) is 11.4. The molecule has 1 aliphatic rings. The van der Waals surface area contributed by atoms with Crippen LogP contribution in [-0.2, 0) is 14.3 Å². The van der Waals surface area contributed by atoms with Gasteiger partial charge in [0.1, 0.15) is 0 Å². The van der Waals surface area contributed by atoms with Crippen molar-refractivity contribution in [1.29, 1.82) is 0 Å². The molecule has 0 N–H and O–H groups in total. The highest BCUT2D eigenvalue weighted by Crippen LogP contribution is 2.29. The SMILES string of the molecule is CC(=O)C=CC(CCC1(C)OCCO1)C(C)C. The van der Waals surface area contributed by atoms with Gasteiger partial charge >= 0.3 is 0 Å². The number of carbonyl (C=O) groups excluding carboxylic acids is 1. The molecule has 0 aromatic carbocycles. The molecule has 0 spiro atoms. The first-order valence-electron chi connectivity index (χ1n) is 6.39. The van der Waals surface area contributed by atoms with E-state index in [-0.39, 0.29) is 5.78 Å². The minimum absolute atomic E-state index is 0.107. The van der Waals surface area contributed by atoms with Crippen LogP contribution in [0.25, 0.3) is 0 Å². The predicted octanol–water partition coefficient (Wildman–Crippen LogP) is 2.95. The molecule has 98 valence electrons. The van der Waals surface area contributed by atoms with E-state index in [9.17, 15) is 4.79 Å². The number of ketones is 1. The van der Waals surface area contributed by atoms with Crippen molar-refractivity contribution in [2.45, 2.75) is 46.3 Å². The van der Waals surface area contributed by atoms with E-state index in [1.807, 2.05) is 13.0 Å². The van der Waals surface area contributed by atoms with Gasteiger partial charge in [0.15, 0.2) is 11.6 Å². The summed E-state index contributed by atoms with van der Waals surface area (Å²) in [5.41, 5.74) is 0. The molecule has 1 fully saturated rings. The van der Waals surface area contributed by atoms with Gasteiger partial charge in [-0.1, -0.05) is 19.9 Å². The fraction of sp³-hybridized carbons (Fsp3) is 0.786. The van der Waals surface area contributed by atoms with E-state index < -0.39 is 5.79 Å². The molecule has 1 aliphatic heterocycles. The summed E-state index contributed by atoms with van der Waals surface area (Å²) in [5.74, 6) is 0.617. The normalized spacial score (nSPS) is 21.2. The van der Waals surface area contributed by atoms with Gasteiger partial charge in [-0.05, 0) is 38.2 Å². The molecule has 3 heteroatoms. The smallest absolute Gasteiger partial charge is 0.165 e. The van der Waals surface area contributed by atoms with E-state index in [0.29, 0.717) is 25.0 Å². The van der Waals surface area contributed by atoms with Crippen LogP contribution in [0.4, 0.5) is 0 Å². The Morgan fingerprint density at radius 3 is 2.41 bits per heavy atom. The molecule has 1 rings (SSSR count). The van der Waals surface area contributed by atoms with Crippen LogP contribution in [0.5, 0.6) is 0 Å². The highest BCUT2D eigenvalue weighted by atomic mass is 16.7. The van der Waals surface area contributed by atoms with Crippen molar-refractivity contribution in [3.8, 4) is 0 Å². The van der Waals surface area contributed by atoms with Crippen LogP contribution < -0.4 is 0 Å². The zero-order valence-electron chi connectivity index (χ0n) is 11.4. The number of carbonyl (C=O) groups is 1. The summed E-state index contributed by atoms with van der Waals surface area (Å²) >= 11 is 0. The van der Waals surface area contributed by atoms with Gasteiger partial charge in [-0.3, -0.25) is 4.79 Å². The molecule has 0 aliphatic carbocycles. The number of hydrogen-bond acceptors (Lipinski definition) is 3. The van der Waals surface area contributed by atoms with Crippen LogP contribution in [-0.4, -0.2) is 24.8 Å².